The van der Waals surface area contributed by atoms with Crippen molar-refractivity contribution in [1.82, 2.24) is 5.32 Å². The molecule has 0 aliphatic carbocycles. The fourth-order valence-corrected chi connectivity index (χ4v) is 2.17. The van der Waals surface area contributed by atoms with Gasteiger partial charge in [0.25, 0.3) is 0 Å². The maximum Gasteiger partial charge on any atom is 0.239 e. The van der Waals surface area contributed by atoms with Crippen LogP contribution in [-0.2, 0) is 22.7 Å². The molecule has 0 fully saturated rings. The third-order valence-electron chi connectivity index (χ3n) is 3.26. The van der Waals surface area contributed by atoms with E-state index in [9.17, 15) is 4.79 Å². The summed E-state index contributed by atoms with van der Waals surface area (Å²) >= 11 is 0. The Bertz CT molecular complexity index is 567. The van der Waals surface area contributed by atoms with Gasteiger partial charge in [0.1, 0.15) is 6.04 Å². The molecule has 2 aromatic rings. The van der Waals surface area contributed by atoms with Gasteiger partial charge in [-0.25, -0.2) is 0 Å². The van der Waals surface area contributed by atoms with E-state index in [4.69, 9.17) is 10.5 Å². The van der Waals surface area contributed by atoms with Crippen LogP contribution < -0.4 is 11.1 Å². The highest BCUT2D eigenvalue weighted by Crippen LogP contribution is 2.13. The molecule has 4 heteroatoms. The lowest BCUT2D eigenvalue weighted by Gasteiger charge is -2.16. The van der Waals surface area contributed by atoms with Gasteiger partial charge in [-0.3, -0.25) is 10.1 Å². The van der Waals surface area contributed by atoms with Crippen molar-refractivity contribution in [2.75, 3.05) is 7.11 Å². The van der Waals surface area contributed by atoms with E-state index in [0.29, 0.717) is 13.2 Å². The van der Waals surface area contributed by atoms with Crippen molar-refractivity contribution in [2.45, 2.75) is 19.2 Å². The average molecular weight is 284 g/mol. The largest absolute Gasteiger partial charge is 0.380 e. The van der Waals surface area contributed by atoms with Gasteiger partial charge in [0.2, 0.25) is 5.91 Å². The molecular formula is C17H20N2O2. The summed E-state index contributed by atoms with van der Waals surface area (Å²) in [4.78, 5) is 11.6. The van der Waals surface area contributed by atoms with E-state index in [2.05, 4.69) is 5.32 Å². The predicted molar refractivity (Wildman–Crippen MR) is 82.4 cm³/mol. The van der Waals surface area contributed by atoms with Crippen LogP contribution in [0.3, 0.4) is 0 Å². The van der Waals surface area contributed by atoms with Crippen LogP contribution in [0.5, 0.6) is 0 Å². The molecule has 1 atom stereocenters. The SMILES string of the molecule is COCc1ccc(CNC(C(N)=O)c2ccccc2)cc1. The number of carbonyl (C=O) groups is 1. The topological polar surface area (TPSA) is 64.3 Å². The van der Waals surface area contributed by atoms with Gasteiger partial charge in [0.05, 0.1) is 6.61 Å². The van der Waals surface area contributed by atoms with E-state index >= 15 is 0 Å². The molecule has 0 aliphatic heterocycles. The molecule has 4 nitrogen and oxygen atoms in total. The summed E-state index contributed by atoms with van der Waals surface area (Å²) in [5.74, 6) is -0.378. The summed E-state index contributed by atoms with van der Waals surface area (Å²) in [6, 6.07) is 17.1. The van der Waals surface area contributed by atoms with Crippen LogP contribution in [0.15, 0.2) is 54.6 Å². The van der Waals surface area contributed by atoms with Crippen molar-refractivity contribution >= 4 is 5.91 Å². The van der Waals surface area contributed by atoms with Crippen molar-refractivity contribution in [3.8, 4) is 0 Å². The molecule has 21 heavy (non-hydrogen) atoms. The summed E-state index contributed by atoms with van der Waals surface area (Å²) in [7, 11) is 1.67. The van der Waals surface area contributed by atoms with E-state index in [0.717, 1.165) is 16.7 Å². The highest BCUT2D eigenvalue weighted by Gasteiger charge is 2.16. The number of nitrogens with one attached hydrogen (secondary N) is 1. The third-order valence-corrected chi connectivity index (χ3v) is 3.26. The molecule has 0 aliphatic rings. The monoisotopic (exact) mass is 284 g/mol. The van der Waals surface area contributed by atoms with Gasteiger partial charge in [0, 0.05) is 13.7 Å². The molecule has 0 aromatic heterocycles. The lowest BCUT2D eigenvalue weighted by molar-refractivity contribution is -0.120. The molecule has 0 bridgehead atoms. The minimum Gasteiger partial charge on any atom is -0.380 e. The second kappa shape index (κ2) is 7.57. The van der Waals surface area contributed by atoms with Crippen LogP contribution in [0.25, 0.3) is 0 Å². The smallest absolute Gasteiger partial charge is 0.239 e. The zero-order chi connectivity index (χ0) is 15.1. The van der Waals surface area contributed by atoms with Crippen molar-refractivity contribution in [3.05, 3.63) is 71.3 Å². The molecule has 0 saturated carbocycles. The van der Waals surface area contributed by atoms with Crippen LogP contribution in [0.2, 0.25) is 0 Å². The highest BCUT2D eigenvalue weighted by atomic mass is 16.5. The van der Waals surface area contributed by atoms with Gasteiger partial charge in [-0.05, 0) is 16.7 Å². The molecule has 2 aromatic carbocycles. The van der Waals surface area contributed by atoms with E-state index in [-0.39, 0.29) is 5.91 Å². The van der Waals surface area contributed by atoms with Gasteiger partial charge < -0.3 is 10.5 Å². The first-order valence-corrected chi connectivity index (χ1v) is 6.85. The van der Waals surface area contributed by atoms with Gasteiger partial charge in [-0.2, -0.15) is 0 Å². The van der Waals surface area contributed by atoms with Crippen molar-refractivity contribution in [1.29, 1.82) is 0 Å². The third kappa shape index (κ3) is 4.41. The number of hydrogen-bond donors (Lipinski definition) is 2. The van der Waals surface area contributed by atoms with Crippen molar-refractivity contribution in [2.24, 2.45) is 5.73 Å². The van der Waals surface area contributed by atoms with Crippen LogP contribution in [0, 0.1) is 0 Å². The summed E-state index contributed by atoms with van der Waals surface area (Å²) in [6.45, 7) is 1.18. The Balaban J connectivity index is 2.00. The predicted octanol–water partition coefficient (Wildman–Crippen LogP) is 2.15. The maximum absolute atomic E-state index is 11.6. The van der Waals surface area contributed by atoms with Gasteiger partial charge in [0.15, 0.2) is 0 Å². The van der Waals surface area contributed by atoms with Crippen LogP contribution >= 0.6 is 0 Å². The second-order valence-electron chi connectivity index (χ2n) is 4.88. The van der Waals surface area contributed by atoms with Gasteiger partial charge >= 0.3 is 0 Å². The minimum atomic E-state index is -0.482. The van der Waals surface area contributed by atoms with E-state index in [1.807, 2.05) is 54.6 Å². The highest BCUT2D eigenvalue weighted by molar-refractivity contribution is 5.81. The number of rotatable bonds is 7. The van der Waals surface area contributed by atoms with E-state index in [1.54, 1.807) is 7.11 Å². The second-order valence-corrected chi connectivity index (χ2v) is 4.88. The lowest BCUT2D eigenvalue weighted by atomic mass is 10.1. The number of carbonyl (C=O) groups excluding carboxylic acids is 1. The number of methoxy groups -OCH3 is 1. The Kier molecular flexibility index (Phi) is 5.49. The molecular weight excluding hydrogens is 264 g/mol. The Morgan fingerprint density at radius 1 is 1.10 bits per heavy atom. The number of benzene rings is 2. The number of amides is 1. The Morgan fingerprint density at radius 2 is 1.71 bits per heavy atom. The summed E-state index contributed by atoms with van der Waals surface area (Å²) in [5, 5.41) is 3.20. The Morgan fingerprint density at radius 3 is 2.29 bits per heavy atom. The quantitative estimate of drug-likeness (QED) is 0.819. The van der Waals surface area contributed by atoms with E-state index < -0.39 is 6.04 Å². The minimum absolute atomic E-state index is 0.378. The molecule has 1 unspecified atom stereocenters. The first kappa shape index (κ1) is 15.2. The lowest BCUT2D eigenvalue weighted by Crippen LogP contribution is -2.33. The molecule has 0 radical (unpaired) electrons. The average Bonchev–Trinajstić information content (AvgIpc) is 2.50. The molecule has 3 N–H and O–H groups in total. The summed E-state index contributed by atoms with van der Waals surface area (Å²) < 4.78 is 5.08. The molecule has 0 spiro atoms. The van der Waals surface area contributed by atoms with Crippen LogP contribution in [0.1, 0.15) is 22.7 Å². The fraction of sp³-hybridized carbons (Fsp3) is 0.235. The summed E-state index contributed by atoms with van der Waals surface area (Å²) in [5.41, 5.74) is 8.57. The zero-order valence-corrected chi connectivity index (χ0v) is 12.1. The zero-order valence-electron chi connectivity index (χ0n) is 12.1. The molecule has 1 amide bonds. The van der Waals surface area contributed by atoms with Crippen molar-refractivity contribution < 1.29 is 9.53 Å². The number of hydrogen-bond acceptors (Lipinski definition) is 3. The molecule has 110 valence electrons. The fourth-order valence-electron chi connectivity index (χ4n) is 2.17. The van der Waals surface area contributed by atoms with Crippen LogP contribution in [0.4, 0.5) is 0 Å². The number of ether oxygens (including phenoxy) is 1. The van der Waals surface area contributed by atoms with Gasteiger partial charge in [-0.1, -0.05) is 54.6 Å². The van der Waals surface area contributed by atoms with Gasteiger partial charge in [-0.15, -0.1) is 0 Å². The summed E-state index contributed by atoms with van der Waals surface area (Å²) in [6.07, 6.45) is 0. The number of nitrogens with two attached hydrogens (primary N) is 1. The standard InChI is InChI=1S/C17H20N2O2/c1-21-12-14-9-7-13(8-10-14)11-19-16(17(18)20)15-5-3-2-4-6-15/h2-10,16,19H,11-12H2,1H3,(H2,18,20). The van der Waals surface area contributed by atoms with E-state index in [1.165, 1.54) is 0 Å². The van der Waals surface area contributed by atoms with Crippen LogP contribution in [-0.4, -0.2) is 13.0 Å². The first-order chi connectivity index (χ1) is 10.2. The Hall–Kier alpha value is -2.17. The molecule has 2 rings (SSSR count). The van der Waals surface area contributed by atoms with Crippen molar-refractivity contribution in [3.63, 3.8) is 0 Å². The number of primary amides is 1. The Labute approximate surface area is 124 Å². The normalized spacial score (nSPS) is 12.0. The molecule has 0 saturated heterocycles. The first-order valence-electron chi connectivity index (χ1n) is 6.85. The molecule has 0 heterocycles. The maximum atomic E-state index is 11.6.